The van der Waals surface area contributed by atoms with Gasteiger partial charge >= 0.3 is 0 Å². The highest BCUT2D eigenvalue weighted by atomic mass is 16.7. The van der Waals surface area contributed by atoms with Gasteiger partial charge in [-0.25, -0.2) is 0 Å². The average Bonchev–Trinajstić information content (AvgIpc) is 2.40. The second-order valence-corrected chi connectivity index (χ2v) is 3.84. The van der Waals surface area contributed by atoms with Gasteiger partial charge in [-0.1, -0.05) is 12.2 Å². The summed E-state index contributed by atoms with van der Waals surface area (Å²) in [6, 6.07) is 1.79. The standard InChI is InChI=1S/C14H21NO4/c1-3-18-14(19-4-2)12-8-9-15-13(17)11(12)7-5-6-10-16/h5-6,8-9,14,16H,3-4,7,10H2,1-2H3,(H,15,17). The first-order chi connectivity index (χ1) is 9.24. The van der Waals surface area contributed by atoms with Crippen LogP contribution in [-0.4, -0.2) is 29.9 Å². The van der Waals surface area contributed by atoms with E-state index in [0.29, 0.717) is 25.2 Å². The molecule has 0 saturated carbocycles. The molecule has 0 bridgehead atoms. The van der Waals surface area contributed by atoms with Gasteiger partial charge in [0.2, 0.25) is 0 Å². The van der Waals surface area contributed by atoms with Gasteiger partial charge in [-0.3, -0.25) is 4.79 Å². The summed E-state index contributed by atoms with van der Waals surface area (Å²) in [5.41, 5.74) is 1.17. The Kier molecular flexibility index (Phi) is 7.10. The zero-order valence-corrected chi connectivity index (χ0v) is 11.4. The quantitative estimate of drug-likeness (QED) is 0.553. The molecule has 0 aliphatic carbocycles. The van der Waals surface area contributed by atoms with Crippen molar-refractivity contribution in [2.75, 3.05) is 19.8 Å². The monoisotopic (exact) mass is 267 g/mol. The van der Waals surface area contributed by atoms with Gasteiger partial charge in [0.1, 0.15) is 0 Å². The van der Waals surface area contributed by atoms with Crippen molar-refractivity contribution in [1.29, 1.82) is 0 Å². The molecule has 19 heavy (non-hydrogen) atoms. The van der Waals surface area contributed by atoms with Gasteiger partial charge in [0.15, 0.2) is 6.29 Å². The normalized spacial score (nSPS) is 11.6. The summed E-state index contributed by atoms with van der Waals surface area (Å²) >= 11 is 0. The maximum absolute atomic E-state index is 11.9. The lowest BCUT2D eigenvalue weighted by Gasteiger charge is -2.19. The molecule has 1 heterocycles. The highest BCUT2D eigenvalue weighted by molar-refractivity contribution is 5.27. The first-order valence-corrected chi connectivity index (χ1v) is 6.44. The topological polar surface area (TPSA) is 71.5 Å². The summed E-state index contributed by atoms with van der Waals surface area (Å²) in [6.45, 7) is 4.72. The minimum absolute atomic E-state index is 0.0412. The molecule has 0 spiro atoms. The molecule has 0 aromatic carbocycles. The van der Waals surface area contributed by atoms with Crippen LogP contribution in [0.5, 0.6) is 0 Å². The Morgan fingerprint density at radius 2 is 2.00 bits per heavy atom. The van der Waals surface area contributed by atoms with Crippen molar-refractivity contribution in [3.8, 4) is 0 Å². The Labute approximate surface area is 112 Å². The van der Waals surface area contributed by atoms with Gasteiger partial charge in [-0.05, 0) is 26.3 Å². The Bertz CT molecular complexity index is 447. The minimum Gasteiger partial charge on any atom is -0.392 e. The van der Waals surface area contributed by atoms with Crippen LogP contribution in [0.25, 0.3) is 0 Å². The molecule has 5 nitrogen and oxygen atoms in total. The fourth-order valence-corrected chi connectivity index (χ4v) is 1.76. The molecule has 1 rings (SSSR count). The number of aromatic amines is 1. The van der Waals surface area contributed by atoms with Crippen LogP contribution in [0, 0.1) is 0 Å². The molecule has 0 aliphatic heterocycles. The fraction of sp³-hybridized carbons (Fsp3) is 0.500. The van der Waals surface area contributed by atoms with Crippen LogP contribution in [0.3, 0.4) is 0 Å². The van der Waals surface area contributed by atoms with E-state index in [4.69, 9.17) is 14.6 Å². The van der Waals surface area contributed by atoms with Gasteiger partial charge in [-0.2, -0.15) is 0 Å². The van der Waals surface area contributed by atoms with Crippen molar-refractivity contribution in [2.45, 2.75) is 26.6 Å². The third-order valence-corrected chi connectivity index (χ3v) is 2.58. The van der Waals surface area contributed by atoms with Crippen molar-refractivity contribution >= 4 is 0 Å². The van der Waals surface area contributed by atoms with E-state index >= 15 is 0 Å². The zero-order chi connectivity index (χ0) is 14.1. The molecule has 2 N–H and O–H groups in total. The summed E-state index contributed by atoms with van der Waals surface area (Å²) in [6.07, 6.45) is 4.84. The van der Waals surface area contributed by atoms with Gasteiger partial charge in [0.25, 0.3) is 5.56 Å². The van der Waals surface area contributed by atoms with E-state index in [0.717, 1.165) is 5.56 Å². The van der Waals surface area contributed by atoms with Gasteiger partial charge in [0.05, 0.1) is 6.61 Å². The van der Waals surface area contributed by atoms with Gasteiger partial charge < -0.3 is 19.6 Å². The summed E-state index contributed by atoms with van der Waals surface area (Å²) in [5, 5.41) is 8.74. The van der Waals surface area contributed by atoms with Crippen molar-refractivity contribution < 1.29 is 14.6 Å². The highest BCUT2D eigenvalue weighted by Gasteiger charge is 2.17. The summed E-state index contributed by atoms with van der Waals surface area (Å²) in [5.74, 6) is 0. The van der Waals surface area contributed by atoms with Gasteiger partial charge in [-0.15, -0.1) is 0 Å². The van der Waals surface area contributed by atoms with Gasteiger partial charge in [0, 0.05) is 30.5 Å². The molecule has 0 fully saturated rings. The predicted molar refractivity (Wildman–Crippen MR) is 73.0 cm³/mol. The fourth-order valence-electron chi connectivity index (χ4n) is 1.76. The Hall–Kier alpha value is -1.43. The molecule has 5 heteroatoms. The number of aliphatic hydroxyl groups excluding tert-OH is 1. The Morgan fingerprint density at radius 3 is 2.58 bits per heavy atom. The van der Waals surface area contributed by atoms with Crippen LogP contribution in [0.1, 0.15) is 31.3 Å². The Balaban J connectivity index is 3.06. The maximum Gasteiger partial charge on any atom is 0.251 e. The summed E-state index contributed by atoms with van der Waals surface area (Å²) in [4.78, 5) is 14.5. The highest BCUT2D eigenvalue weighted by Crippen LogP contribution is 2.21. The van der Waals surface area contributed by atoms with Crippen LogP contribution in [-0.2, 0) is 15.9 Å². The molecule has 1 aromatic heterocycles. The second kappa shape index (κ2) is 8.63. The number of rotatable bonds is 8. The summed E-state index contributed by atoms with van der Waals surface area (Å²) < 4.78 is 11.0. The SMILES string of the molecule is CCOC(OCC)c1cc[nH]c(=O)c1CC=CCO. The zero-order valence-electron chi connectivity index (χ0n) is 11.4. The molecular formula is C14H21NO4. The first-order valence-electron chi connectivity index (χ1n) is 6.44. The first kappa shape index (κ1) is 15.6. The number of pyridine rings is 1. The molecule has 0 atom stereocenters. The number of nitrogens with one attached hydrogen (secondary N) is 1. The third-order valence-electron chi connectivity index (χ3n) is 2.58. The molecule has 0 aliphatic rings. The molecule has 106 valence electrons. The van der Waals surface area contributed by atoms with E-state index < -0.39 is 6.29 Å². The van der Waals surface area contributed by atoms with Crippen LogP contribution in [0.2, 0.25) is 0 Å². The van der Waals surface area contributed by atoms with Crippen LogP contribution in [0.15, 0.2) is 29.2 Å². The van der Waals surface area contributed by atoms with E-state index in [1.54, 1.807) is 24.4 Å². The van der Waals surface area contributed by atoms with E-state index in [1.165, 1.54) is 0 Å². The molecule has 0 amide bonds. The number of aromatic nitrogens is 1. The number of allylic oxidation sites excluding steroid dienone is 1. The number of hydrogen-bond donors (Lipinski definition) is 2. The molecular weight excluding hydrogens is 246 g/mol. The molecule has 1 aromatic rings. The predicted octanol–water partition coefficient (Wildman–Crippen LogP) is 1.54. The van der Waals surface area contributed by atoms with Crippen LogP contribution < -0.4 is 5.56 Å². The number of H-pyrrole nitrogens is 1. The van der Waals surface area contributed by atoms with E-state index in [-0.39, 0.29) is 12.2 Å². The summed E-state index contributed by atoms with van der Waals surface area (Å²) in [7, 11) is 0. The van der Waals surface area contributed by atoms with E-state index in [2.05, 4.69) is 4.98 Å². The minimum atomic E-state index is -0.533. The second-order valence-electron chi connectivity index (χ2n) is 3.84. The van der Waals surface area contributed by atoms with E-state index in [9.17, 15) is 4.79 Å². The van der Waals surface area contributed by atoms with Crippen molar-refractivity contribution in [1.82, 2.24) is 4.98 Å². The number of hydrogen-bond acceptors (Lipinski definition) is 4. The number of aliphatic hydroxyl groups is 1. The van der Waals surface area contributed by atoms with Crippen molar-refractivity contribution in [3.05, 3.63) is 45.9 Å². The van der Waals surface area contributed by atoms with Crippen LogP contribution in [0.4, 0.5) is 0 Å². The average molecular weight is 267 g/mol. The van der Waals surface area contributed by atoms with Crippen molar-refractivity contribution in [2.24, 2.45) is 0 Å². The maximum atomic E-state index is 11.9. The molecule has 0 radical (unpaired) electrons. The lowest BCUT2D eigenvalue weighted by atomic mass is 10.1. The van der Waals surface area contributed by atoms with Crippen molar-refractivity contribution in [3.63, 3.8) is 0 Å². The molecule has 0 saturated heterocycles. The lowest BCUT2D eigenvalue weighted by molar-refractivity contribution is -0.140. The third kappa shape index (κ3) is 4.63. The molecule has 0 unspecified atom stereocenters. The Morgan fingerprint density at radius 1 is 1.32 bits per heavy atom. The number of ether oxygens (including phenoxy) is 2. The smallest absolute Gasteiger partial charge is 0.251 e. The largest absolute Gasteiger partial charge is 0.392 e. The van der Waals surface area contributed by atoms with Crippen LogP contribution >= 0.6 is 0 Å². The van der Waals surface area contributed by atoms with E-state index in [1.807, 2.05) is 13.8 Å². The lowest BCUT2D eigenvalue weighted by Crippen LogP contribution is -2.19.